The van der Waals surface area contributed by atoms with Crippen molar-refractivity contribution in [1.29, 1.82) is 0 Å². The molecule has 2 atom stereocenters. The van der Waals surface area contributed by atoms with E-state index in [0.717, 1.165) is 39.1 Å². The van der Waals surface area contributed by atoms with E-state index in [1.165, 1.54) is 11.1 Å². The van der Waals surface area contributed by atoms with Crippen LogP contribution in [0.25, 0.3) is 0 Å². The first-order valence-corrected chi connectivity index (χ1v) is 7.78. The summed E-state index contributed by atoms with van der Waals surface area (Å²) in [6, 6.07) is 8.77. The van der Waals surface area contributed by atoms with Gasteiger partial charge in [0.25, 0.3) is 0 Å². The molecule has 0 spiro atoms. The van der Waals surface area contributed by atoms with Crippen LogP contribution in [0.5, 0.6) is 0 Å². The average Bonchev–Trinajstić information content (AvgIpc) is 2.91. The maximum atomic E-state index is 6.22. The number of ether oxygens (including phenoxy) is 1. The van der Waals surface area contributed by atoms with E-state index in [2.05, 4.69) is 43.0 Å². The number of benzene rings is 1. The summed E-state index contributed by atoms with van der Waals surface area (Å²) >= 11 is 0. The average molecular weight is 274 g/mol. The van der Waals surface area contributed by atoms with Crippen LogP contribution in [0.4, 0.5) is 0 Å². The molecule has 0 amide bonds. The SMILES string of the molecule is CC(C)C1CC(CN)(N2Cc3ccccc3C2)CCO1. The van der Waals surface area contributed by atoms with Gasteiger partial charge in [0.1, 0.15) is 0 Å². The monoisotopic (exact) mass is 274 g/mol. The van der Waals surface area contributed by atoms with Gasteiger partial charge in [0.15, 0.2) is 0 Å². The van der Waals surface area contributed by atoms with Crippen LogP contribution in [0.15, 0.2) is 24.3 Å². The third-order valence-electron chi connectivity index (χ3n) is 5.12. The lowest BCUT2D eigenvalue weighted by molar-refractivity contribution is -0.0895. The molecular formula is C17H26N2O. The van der Waals surface area contributed by atoms with Crippen LogP contribution in [-0.2, 0) is 17.8 Å². The minimum absolute atomic E-state index is 0.117. The fourth-order valence-corrected chi connectivity index (χ4v) is 3.63. The Balaban J connectivity index is 1.80. The zero-order valence-corrected chi connectivity index (χ0v) is 12.6. The summed E-state index contributed by atoms with van der Waals surface area (Å²) in [5.41, 5.74) is 9.27. The van der Waals surface area contributed by atoms with E-state index in [4.69, 9.17) is 10.5 Å². The molecule has 0 bridgehead atoms. The van der Waals surface area contributed by atoms with Crippen LogP contribution in [0.1, 0.15) is 37.8 Å². The van der Waals surface area contributed by atoms with Crippen LogP contribution in [-0.4, -0.2) is 29.7 Å². The molecule has 0 saturated carbocycles. The second-order valence-corrected chi connectivity index (χ2v) is 6.66. The molecule has 2 unspecified atom stereocenters. The second-order valence-electron chi connectivity index (χ2n) is 6.66. The van der Waals surface area contributed by atoms with Crippen molar-refractivity contribution in [2.45, 2.75) is 51.4 Å². The van der Waals surface area contributed by atoms with E-state index in [1.807, 2.05) is 0 Å². The largest absolute Gasteiger partial charge is 0.378 e. The van der Waals surface area contributed by atoms with Gasteiger partial charge in [0.05, 0.1) is 6.10 Å². The van der Waals surface area contributed by atoms with Crippen molar-refractivity contribution in [2.24, 2.45) is 11.7 Å². The molecule has 2 aliphatic rings. The van der Waals surface area contributed by atoms with Gasteiger partial charge in [-0.15, -0.1) is 0 Å². The summed E-state index contributed by atoms with van der Waals surface area (Å²) in [5.74, 6) is 0.561. The molecule has 0 radical (unpaired) electrons. The van der Waals surface area contributed by atoms with Crippen molar-refractivity contribution in [3.63, 3.8) is 0 Å². The number of fused-ring (bicyclic) bond motifs is 1. The fraction of sp³-hybridized carbons (Fsp3) is 0.647. The molecular weight excluding hydrogens is 248 g/mol. The Morgan fingerprint density at radius 2 is 1.95 bits per heavy atom. The summed E-state index contributed by atoms with van der Waals surface area (Å²) in [6.07, 6.45) is 2.46. The van der Waals surface area contributed by atoms with Gasteiger partial charge in [-0.1, -0.05) is 38.1 Å². The maximum absolute atomic E-state index is 6.22. The van der Waals surface area contributed by atoms with Crippen molar-refractivity contribution in [3.05, 3.63) is 35.4 Å². The molecule has 20 heavy (non-hydrogen) atoms. The smallest absolute Gasteiger partial charge is 0.0616 e. The van der Waals surface area contributed by atoms with E-state index in [1.54, 1.807) is 0 Å². The normalized spacial score (nSPS) is 30.7. The third kappa shape index (κ3) is 2.39. The van der Waals surface area contributed by atoms with Crippen LogP contribution < -0.4 is 5.73 Å². The molecule has 1 aromatic rings. The first-order valence-electron chi connectivity index (χ1n) is 7.78. The number of rotatable bonds is 3. The highest BCUT2D eigenvalue weighted by Gasteiger charge is 2.43. The zero-order valence-electron chi connectivity index (χ0n) is 12.6. The van der Waals surface area contributed by atoms with Crippen molar-refractivity contribution in [3.8, 4) is 0 Å². The molecule has 1 aromatic carbocycles. The van der Waals surface area contributed by atoms with Crippen LogP contribution in [0, 0.1) is 5.92 Å². The summed E-state index contributed by atoms with van der Waals surface area (Å²) in [4.78, 5) is 2.59. The Hall–Kier alpha value is -0.900. The van der Waals surface area contributed by atoms with E-state index < -0.39 is 0 Å². The highest BCUT2D eigenvalue weighted by molar-refractivity contribution is 5.31. The highest BCUT2D eigenvalue weighted by Crippen LogP contribution is 2.38. The Morgan fingerprint density at radius 3 is 2.50 bits per heavy atom. The predicted molar refractivity (Wildman–Crippen MR) is 81.3 cm³/mol. The van der Waals surface area contributed by atoms with Gasteiger partial charge in [-0.25, -0.2) is 0 Å². The minimum Gasteiger partial charge on any atom is -0.378 e. The lowest BCUT2D eigenvalue weighted by atomic mass is 9.82. The Morgan fingerprint density at radius 1 is 1.30 bits per heavy atom. The van der Waals surface area contributed by atoms with Gasteiger partial charge in [-0.2, -0.15) is 0 Å². The molecule has 2 heterocycles. The Bertz CT molecular complexity index is 449. The highest BCUT2D eigenvalue weighted by atomic mass is 16.5. The van der Waals surface area contributed by atoms with Crippen molar-refractivity contribution in [1.82, 2.24) is 4.90 Å². The van der Waals surface area contributed by atoms with Gasteiger partial charge in [0, 0.05) is 31.8 Å². The summed E-state index contributed by atoms with van der Waals surface area (Å²) < 4.78 is 5.95. The molecule has 1 saturated heterocycles. The predicted octanol–water partition coefficient (Wildman–Crippen LogP) is 2.53. The molecule has 3 rings (SSSR count). The standard InChI is InChI=1S/C17H26N2O/c1-13(2)16-9-17(12-18,7-8-20-16)19-10-14-5-3-4-6-15(14)11-19/h3-6,13,16H,7-12,18H2,1-2H3. The summed E-state index contributed by atoms with van der Waals surface area (Å²) in [7, 11) is 0. The lowest BCUT2D eigenvalue weighted by Crippen LogP contribution is -2.57. The Kier molecular flexibility index (Phi) is 3.85. The van der Waals surface area contributed by atoms with Gasteiger partial charge < -0.3 is 10.5 Å². The van der Waals surface area contributed by atoms with Crippen molar-refractivity contribution < 1.29 is 4.74 Å². The molecule has 1 fully saturated rings. The van der Waals surface area contributed by atoms with Crippen molar-refractivity contribution in [2.75, 3.05) is 13.2 Å². The van der Waals surface area contributed by atoms with Gasteiger partial charge in [0.2, 0.25) is 0 Å². The van der Waals surface area contributed by atoms with Gasteiger partial charge in [-0.3, -0.25) is 4.90 Å². The van der Waals surface area contributed by atoms with E-state index >= 15 is 0 Å². The van der Waals surface area contributed by atoms with E-state index in [9.17, 15) is 0 Å². The first kappa shape index (κ1) is 14.1. The van der Waals surface area contributed by atoms with E-state index in [0.29, 0.717) is 12.0 Å². The zero-order chi connectivity index (χ0) is 14.2. The molecule has 2 aliphatic heterocycles. The molecule has 110 valence electrons. The van der Waals surface area contributed by atoms with Crippen LogP contribution in [0.3, 0.4) is 0 Å². The quantitative estimate of drug-likeness (QED) is 0.920. The third-order valence-corrected chi connectivity index (χ3v) is 5.12. The first-order chi connectivity index (χ1) is 9.64. The second kappa shape index (κ2) is 5.47. The molecule has 3 heteroatoms. The Labute approximate surface area is 122 Å². The molecule has 0 aromatic heterocycles. The number of hydrogen-bond donors (Lipinski definition) is 1. The number of hydrogen-bond acceptors (Lipinski definition) is 3. The fourth-order valence-electron chi connectivity index (χ4n) is 3.63. The van der Waals surface area contributed by atoms with Crippen molar-refractivity contribution >= 4 is 0 Å². The maximum Gasteiger partial charge on any atom is 0.0616 e. The topological polar surface area (TPSA) is 38.5 Å². The minimum atomic E-state index is 0.117. The molecule has 2 N–H and O–H groups in total. The lowest BCUT2D eigenvalue weighted by Gasteiger charge is -2.47. The van der Waals surface area contributed by atoms with Gasteiger partial charge in [-0.05, 0) is 29.9 Å². The molecule has 3 nitrogen and oxygen atoms in total. The summed E-state index contributed by atoms with van der Waals surface area (Å²) in [6.45, 7) is 8.14. The van der Waals surface area contributed by atoms with Crippen LogP contribution in [0.2, 0.25) is 0 Å². The van der Waals surface area contributed by atoms with E-state index in [-0.39, 0.29) is 5.54 Å². The summed E-state index contributed by atoms with van der Waals surface area (Å²) in [5, 5.41) is 0. The molecule has 0 aliphatic carbocycles. The van der Waals surface area contributed by atoms with Gasteiger partial charge >= 0.3 is 0 Å². The number of nitrogens with two attached hydrogens (primary N) is 1. The number of nitrogens with zero attached hydrogens (tertiary/aromatic N) is 1. The van der Waals surface area contributed by atoms with Crippen LogP contribution >= 0.6 is 0 Å².